The van der Waals surface area contributed by atoms with E-state index in [1.165, 1.54) is 24.7 Å². The Balaban J connectivity index is 2.29. The van der Waals surface area contributed by atoms with Crippen molar-refractivity contribution in [1.82, 2.24) is 24.9 Å². The lowest BCUT2D eigenvalue weighted by molar-refractivity contribution is -0.142. The number of nitrogens with one attached hydrogen (secondary N) is 2. The summed E-state index contributed by atoms with van der Waals surface area (Å²) in [5.74, 6) is -1.07. The van der Waals surface area contributed by atoms with Gasteiger partial charge in [0.25, 0.3) is 5.91 Å². The molecular formula is C17H22BrF3N6O2. The van der Waals surface area contributed by atoms with Crippen LogP contribution in [0.5, 0.6) is 0 Å². The third-order valence-electron chi connectivity index (χ3n) is 4.19. The van der Waals surface area contributed by atoms with Gasteiger partial charge in [-0.25, -0.2) is 0 Å². The van der Waals surface area contributed by atoms with Crippen molar-refractivity contribution in [1.29, 1.82) is 0 Å². The lowest BCUT2D eigenvalue weighted by Gasteiger charge is -2.14. The summed E-state index contributed by atoms with van der Waals surface area (Å²) in [6.45, 7) is 7.48. The molecule has 29 heavy (non-hydrogen) atoms. The lowest BCUT2D eigenvalue weighted by atomic mass is 10.2. The van der Waals surface area contributed by atoms with Crippen LogP contribution in [-0.2, 0) is 17.5 Å². The molecule has 0 unspecified atom stereocenters. The van der Waals surface area contributed by atoms with Gasteiger partial charge < -0.3 is 10.6 Å². The zero-order valence-electron chi connectivity index (χ0n) is 16.4. The van der Waals surface area contributed by atoms with E-state index in [9.17, 15) is 22.8 Å². The van der Waals surface area contributed by atoms with Crippen molar-refractivity contribution < 1.29 is 22.8 Å². The molecule has 0 bridgehead atoms. The standard InChI is InChI=1S/C17H22BrF3N6O2/c1-5-7-22-16(29)13-11(8-26(6-2)24-13)23-15(28)10(4)27-9(3)12(18)14(25-27)17(19,20)21/h8,10H,5-7H2,1-4H3,(H,22,29)(H,23,28)/t10-/m1/s1. The molecule has 0 saturated carbocycles. The summed E-state index contributed by atoms with van der Waals surface area (Å²) in [4.78, 5) is 25.0. The Morgan fingerprint density at radius 2 is 1.93 bits per heavy atom. The second kappa shape index (κ2) is 8.97. The number of nitrogens with zero attached hydrogens (tertiary/aromatic N) is 4. The van der Waals surface area contributed by atoms with Gasteiger partial charge >= 0.3 is 6.18 Å². The summed E-state index contributed by atoms with van der Waals surface area (Å²) < 4.78 is 41.5. The first-order valence-electron chi connectivity index (χ1n) is 8.99. The molecule has 0 saturated heterocycles. The van der Waals surface area contributed by atoms with Crippen LogP contribution in [0.3, 0.4) is 0 Å². The normalized spacial score (nSPS) is 12.7. The fourth-order valence-electron chi connectivity index (χ4n) is 2.57. The van der Waals surface area contributed by atoms with E-state index in [-0.39, 0.29) is 21.5 Å². The maximum Gasteiger partial charge on any atom is 0.436 e. The number of carbonyl (C=O) groups excluding carboxylic acids is 2. The third-order valence-corrected chi connectivity index (χ3v) is 5.14. The Labute approximate surface area is 174 Å². The first-order chi connectivity index (χ1) is 13.5. The van der Waals surface area contributed by atoms with Gasteiger partial charge in [0, 0.05) is 19.3 Å². The number of alkyl halides is 3. The second-order valence-electron chi connectivity index (χ2n) is 6.36. The van der Waals surface area contributed by atoms with Gasteiger partial charge in [-0.15, -0.1) is 0 Å². The number of amides is 2. The fourth-order valence-corrected chi connectivity index (χ4v) is 3.06. The minimum atomic E-state index is -4.65. The van der Waals surface area contributed by atoms with Gasteiger partial charge in [0.1, 0.15) is 6.04 Å². The molecule has 0 aliphatic carbocycles. The van der Waals surface area contributed by atoms with Gasteiger partial charge in [0.2, 0.25) is 5.91 Å². The van der Waals surface area contributed by atoms with Crippen molar-refractivity contribution in [2.45, 2.75) is 52.9 Å². The molecule has 0 spiro atoms. The molecule has 0 fully saturated rings. The predicted molar refractivity (Wildman–Crippen MR) is 104 cm³/mol. The second-order valence-corrected chi connectivity index (χ2v) is 7.15. The smallest absolute Gasteiger partial charge is 0.351 e. The molecule has 0 aliphatic heterocycles. The molecule has 2 aromatic rings. The van der Waals surface area contributed by atoms with E-state index >= 15 is 0 Å². The summed E-state index contributed by atoms with van der Waals surface area (Å²) >= 11 is 2.89. The summed E-state index contributed by atoms with van der Waals surface area (Å²) in [6.07, 6.45) is -2.43. The maximum absolute atomic E-state index is 13.1. The number of anilines is 1. The van der Waals surface area contributed by atoms with Gasteiger partial charge in [-0.1, -0.05) is 6.92 Å². The molecule has 2 heterocycles. The van der Waals surface area contributed by atoms with Crippen molar-refractivity contribution in [3.8, 4) is 0 Å². The highest BCUT2D eigenvalue weighted by Crippen LogP contribution is 2.36. The molecule has 1 atom stereocenters. The molecule has 0 radical (unpaired) electrons. The van der Waals surface area contributed by atoms with Crippen molar-refractivity contribution in [2.75, 3.05) is 11.9 Å². The molecular weight excluding hydrogens is 457 g/mol. The predicted octanol–water partition coefficient (Wildman–Crippen LogP) is 3.53. The average Bonchev–Trinajstić information content (AvgIpc) is 3.20. The van der Waals surface area contributed by atoms with Crippen LogP contribution in [0.4, 0.5) is 18.9 Å². The van der Waals surface area contributed by atoms with E-state index in [0.29, 0.717) is 13.1 Å². The van der Waals surface area contributed by atoms with Crippen LogP contribution in [0.1, 0.15) is 55.1 Å². The highest BCUT2D eigenvalue weighted by molar-refractivity contribution is 9.10. The van der Waals surface area contributed by atoms with E-state index in [1.54, 1.807) is 0 Å². The highest BCUT2D eigenvalue weighted by atomic mass is 79.9. The Kier molecular flexibility index (Phi) is 7.09. The largest absolute Gasteiger partial charge is 0.436 e. The van der Waals surface area contributed by atoms with Crippen molar-refractivity contribution in [3.05, 3.63) is 27.8 Å². The lowest BCUT2D eigenvalue weighted by Crippen LogP contribution is -2.28. The minimum Gasteiger partial charge on any atom is -0.351 e. The topological polar surface area (TPSA) is 93.8 Å². The summed E-state index contributed by atoms with van der Waals surface area (Å²) in [7, 11) is 0. The Bertz CT molecular complexity index is 906. The number of aromatic nitrogens is 4. The van der Waals surface area contributed by atoms with E-state index in [4.69, 9.17) is 0 Å². The number of rotatable bonds is 7. The summed E-state index contributed by atoms with van der Waals surface area (Å²) in [6, 6.07) is -1.06. The summed E-state index contributed by atoms with van der Waals surface area (Å²) in [5, 5.41) is 12.9. The molecule has 2 amide bonds. The highest BCUT2D eigenvalue weighted by Gasteiger charge is 2.39. The number of hydrogen-bond donors (Lipinski definition) is 2. The number of hydrogen-bond acceptors (Lipinski definition) is 4. The molecule has 2 rings (SSSR count). The Hall–Kier alpha value is -2.37. The first-order valence-corrected chi connectivity index (χ1v) is 9.78. The van der Waals surface area contributed by atoms with Gasteiger partial charge in [0.05, 0.1) is 15.9 Å². The van der Waals surface area contributed by atoms with E-state index in [1.807, 2.05) is 13.8 Å². The first kappa shape index (κ1) is 22.9. The van der Waals surface area contributed by atoms with E-state index in [0.717, 1.165) is 11.1 Å². The van der Waals surface area contributed by atoms with Gasteiger partial charge in [-0.2, -0.15) is 23.4 Å². The maximum atomic E-state index is 13.1. The van der Waals surface area contributed by atoms with Crippen molar-refractivity contribution in [3.63, 3.8) is 0 Å². The zero-order valence-corrected chi connectivity index (χ0v) is 18.0. The Morgan fingerprint density at radius 1 is 1.28 bits per heavy atom. The molecule has 2 N–H and O–H groups in total. The SMILES string of the molecule is CCCNC(=O)c1nn(CC)cc1NC(=O)[C@@H](C)n1nc(C(F)(F)F)c(Br)c1C. The molecule has 160 valence electrons. The van der Waals surface area contributed by atoms with Crippen LogP contribution in [0.15, 0.2) is 10.7 Å². The Morgan fingerprint density at radius 3 is 2.45 bits per heavy atom. The van der Waals surface area contributed by atoms with E-state index in [2.05, 4.69) is 36.8 Å². The number of aryl methyl sites for hydroxylation is 1. The third kappa shape index (κ3) is 4.98. The van der Waals surface area contributed by atoms with Crippen LogP contribution in [0, 0.1) is 6.92 Å². The zero-order chi connectivity index (χ0) is 21.9. The van der Waals surface area contributed by atoms with Gasteiger partial charge in [-0.05, 0) is 43.1 Å². The molecule has 0 aliphatic rings. The van der Waals surface area contributed by atoms with Crippen LogP contribution in [-0.4, -0.2) is 37.9 Å². The molecule has 12 heteroatoms. The van der Waals surface area contributed by atoms with Crippen LogP contribution in [0.2, 0.25) is 0 Å². The van der Waals surface area contributed by atoms with E-state index < -0.39 is 29.7 Å². The molecule has 0 aromatic carbocycles. The van der Waals surface area contributed by atoms with Crippen molar-refractivity contribution >= 4 is 33.4 Å². The monoisotopic (exact) mass is 478 g/mol. The summed E-state index contributed by atoms with van der Waals surface area (Å²) in [5.41, 5.74) is -0.731. The van der Waals surface area contributed by atoms with Gasteiger partial charge in [-0.3, -0.25) is 19.0 Å². The minimum absolute atomic E-state index is 0.0372. The number of halogens is 4. The molecule has 8 nitrogen and oxygen atoms in total. The van der Waals surface area contributed by atoms with Crippen LogP contribution >= 0.6 is 15.9 Å². The van der Waals surface area contributed by atoms with Crippen molar-refractivity contribution in [2.24, 2.45) is 0 Å². The van der Waals surface area contributed by atoms with Gasteiger partial charge in [0.15, 0.2) is 11.4 Å². The van der Waals surface area contributed by atoms with Crippen LogP contribution in [0.25, 0.3) is 0 Å². The van der Waals surface area contributed by atoms with Crippen LogP contribution < -0.4 is 10.6 Å². The molecule has 2 aromatic heterocycles. The number of carbonyl (C=O) groups is 2. The quantitative estimate of drug-likeness (QED) is 0.636. The average molecular weight is 479 g/mol. The fraction of sp³-hybridized carbons (Fsp3) is 0.529.